The van der Waals surface area contributed by atoms with E-state index in [0.29, 0.717) is 12.0 Å². The van der Waals surface area contributed by atoms with Crippen molar-refractivity contribution in [1.29, 1.82) is 0 Å². The molecule has 0 N–H and O–H groups in total. The van der Waals surface area contributed by atoms with Crippen molar-refractivity contribution in [2.45, 2.75) is 0 Å². The van der Waals surface area contributed by atoms with Crippen molar-refractivity contribution >= 4 is 12.4 Å². The number of aromatic nitrogens is 3. The van der Waals surface area contributed by atoms with Crippen molar-refractivity contribution in [3.8, 4) is 5.69 Å². The molecule has 1 aromatic carbocycles. The Morgan fingerprint density at radius 2 is 2.00 bits per heavy atom. The molecule has 0 bridgehead atoms. The minimum atomic E-state index is 0.658. The zero-order valence-electron chi connectivity index (χ0n) is 7.95. The fourth-order valence-electron chi connectivity index (χ4n) is 1.17. The third-order valence-electron chi connectivity index (χ3n) is 1.84. The molecule has 4 nitrogen and oxygen atoms in total. The maximum absolute atomic E-state index is 10.1. The summed E-state index contributed by atoms with van der Waals surface area (Å²) in [5.41, 5.74) is 1.55. The number of rotatable bonds is 3. The Balaban J connectivity index is 2.28. The van der Waals surface area contributed by atoms with E-state index in [1.54, 1.807) is 12.3 Å². The number of nitrogens with zero attached hydrogens (tertiary/aromatic N) is 3. The van der Waals surface area contributed by atoms with Crippen LogP contribution in [0.4, 0.5) is 0 Å². The first kappa shape index (κ1) is 9.33. The molecule has 0 aliphatic rings. The Labute approximate surface area is 86.9 Å². The highest BCUT2D eigenvalue weighted by Crippen LogP contribution is 2.04. The molecule has 0 unspecified atom stereocenters. The lowest BCUT2D eigenvalue weighted by atomic mass is 10.3. The van der Waals surface area contributed by atoms with Gasteiger partial charge in [-0.2, -0.15) is 9.90 Å². The Morgan fingerprint density at radius 1 is 1.20 bits per heavy atom. The zero-order chi connectivity index (χ0) is 10.5. The maximum atomic E-state index is 10.1. The van der Waals surface area contributed by atoms with Gasteiger partial charge in [-0.1, -0.05) is 18.2 Å². The van der Waals surface area contributed by atoms with E-state index >= 15 is 0 Å². The molecule has 0 aliphatic carbocycles. The summed E-state index contributed by atoms with van der Waals surface area (Å²) >= 11 is 0. The lowest BCUT2D eigenvalue weighted by Gasteiger charge is -1.96. The van der Waals surface area contributed by atoms with Gasteiger partial charge in [0.2, 0.25) is 0 Å². The van der Waals surface area contributed by atoms with Crippen molar-refractivity contribution in [3.63, 3.8) is 0 Å². The number of para-hydroxylation sites is 1. The Hall–Kier alpha value is -2.23. The van der Waals surface area contributed by atoms with E-state index in [0.717, 1.165) is 5.69 Å². The molecule has 0 spiro atoms. The number of aldehydes is 1. The lowest BCUT2D eigenvalue weighted by Crippen LogP contribution is -1.97. The van der Waals surface area contributed by atoms with Crippen molar-refractivity contribution in [1.82, 2.24) is 15.0 Å². The van der Waals surface area contributed by atoms with Crippen LogP contribution in [0, 0.1) is 0 Å². The largest absolute Gasteiger partial charge is 0.299 e. The van der Waals surface area contributed by atoms with E-state index in [1.165, 1.54) is 10.9 Å². The van der Waals surface area contributed by atoms with Crippen molar-refractivity contribution in [3.05, 3.63) is 48.3 Å². The van der Waals surface area contributed by atoms with Gasteiger partial charge in [0.1, 0.15) is 12.0 Å². The Morgan fingerprint density at radius 3 is 2.73 bits per heavy atom. The first-order valence-electron chi connectivity index (χ1n) is 4.50. The molecule has 0 radical (unpaired) electrons. The average molecular weight is 199 g/mol. The molecule has 15 heavy (non-hydrogen) atoms. The Kier molecular flexibility index (Phi) is 2.69. The van der Waals surface area contributed by atoms with Gasteiger partial charge in [0.15, 0.2) is 0 Å². The van der Waals surface area contributed by atoms with Crippen LogP contribution in [0.25, 0.3) is 11.8 Å². The quantitative estimate of drug-likeness (QED) is 0.555. The smallest absolute Gasteiger partial charge is 0.142 e. The molecule has 0 saturated heterocycles. The Bertz CT molecular complexity index is 474. The van der Waals surface area contributed by atoms with E-state index < -0.39 is 0 Å². The highest BCUT2D eigenvalue weighted by molar-refractivity contribution is 5.72. The van der Waals surface area contributed by atoms with E-state index in [-0.39, 0.29) is 0 Å². The minimum absolute atomic E-state index is 0.658. The molecule has 0 amide bonds. The van der Waals surface area contributed by atoms with E-state index in [2.05, 4.69) is 10.2 Å². The van der Waals surface area contributed by atoms with E-state index in [9.17, 15) is 4.79 Å². The molecule has 1 heterocycles. The molecular weight excluding hydrogens is 190 g/mol. The van der Waals surface area contributed by atoms with Crippen LogP contribution in [0.3, 0.4) is 0 Å². The van der Waals surface area contributed by atoms with Crippen LogP contribution in [0.5, 0.6) is 0 Å². The molecule has 0 aliphatic heterocycles. The number of carbonyl (C=O) groups is 1. The van der Waals surface area contributed by atoms with Gasteiger partial charge in [0.25, 0.3) is 0 Å². The maximum Gasteiger partial charge on any atom is 0.142 e. The van der Waals surface area contributed by atoms with Crippen LogP contribution in [0.1, 0.15) is 5.69 Å². The molecule has 74 valence electrons. The summed E-state index contributed by atoms with van der Waals surface area (Å²) in [6.07, 6.45) is 5.31. The second-order valence-electron chi connectivity index (χ2n) is 2.89. The van der Waals surface area contributed by atoms with Crippen LogP contribution >= 0.6 is 0 Å². The lowest BCUT2D eigenvalue weighted by molar-refractivity contribution is -0.104. The van der Waals surface area contributed by atoms with E-state index in [4.69, 9.17) is 0 Å². The topological polar surface area (TPSA) is 47.8 Å². The standard InChI is InChI=1S/C11H9N3O/c15-8-4-5-10-9-12-14(13-10)11-6-2-1-3-7-11/h1-9H. The second-order valence-corrected chi connectivity index (χ2v) is 2.89. The summed E-state index contributed by atoms with van der Waals surface area (Å²) in [5, 5.41) is 8.26. The SMILES string of the molecule is O=CC=Cc1cnn(-c2ccccc2)n1. The van der Waals surface area contributed by atoms with Crippen LogP contribution < -0.4 is 0 Å². The van der Waals surface area contributed by atoms with Gasteiger partial charge in [-0.3, -0.25) is 4.79 Å². The highest BCUT2D eigenvalue weighted by atomic mass is 16.1. The minimum Gasteiger partial charge on any atom is -0.299 e. The average Bonchev–Trinajstić information content (AvgIpc) is 2.76. The summed E-state index contributed by atoms with van der Waals surface area (Å²) < 4.78 is 0. The van der Waals surface area contributed by atoms with E-state index in [1.807, 2.05) is 30.3 Å². The fourth-order valence-corrected chi connectivity index (χ4v) is 1.17. The first-order chi connectivity index (χ1) is 7.40. The van der Waals surface area contributed by atoms with Gasteiger partial charge >= 0.3 is 0 Å². The molecular formula is C11H9N3O. The molecule has 2 rings (SSSR count). The fraction of sp³-hybridized carbons (Fsp3) is 0. The molecule has 4 heteroatoms. The third kappa shape index (κ3) is 2.17. The van der Waals surface area contributed by atoms with Crippen LogP contribution in [0.2, 0.25) is 0 Å². The zero-order valence-corrected chi connectivity index (χ0v) is 7.95. The molecule has 1 aromatic heterocycles. The predicted octanol–water partition coefficient (Wildman–Crippen LogP) is 1.48. The van der Waals surface area contributed by atoms with Gasteiger partial charge in [0, 0.05) is 0 Å². The number of benzene rings is 1. The summed E-state index contributed by atoms with van der Waals surface area (Å²) in [6.45, 7) is 0. The first-order valence-corrected chi connectivity index (χ1v) is 4.50. The van der Waals surface area contributed by atoms with Gasteiger partial charge in [-0.15, -0.1) is 5.10 Å². The summed E-state index contributed by atoms with van der Waals surface area (Å²) in [6, 6.07) is 9.58. The van der Waals surface area contributed by atoms with Crippen molar-refractivity contribution in [2.24, 2.45) is 0 Å². The van der Waals surface area contributed by atoms with Gasteiger partial charge in [0.05, 0.1) is 11.9 Å². The van der Waals surface area contributed by atoms with Crippen molar-refractivity contribution in [2.75, 3.05) is 0 Å². The van der Waals surface area contributed by atoms with Gasteiger partial charge in [-0.05, 0) is 24.3 Å². The predicted molar refractivity (Wildman–Crippen MR) is 56.5 cm³/mol. The molecule has 0 fully saturated rings. The van der Waals surface area contributed by atoms with Crippen LogP contribution in [0.15, 0.2) is 42.6 Å². The van der Waals surface area contributed by atoms with Crippen LogP contribution in [-0.2, 0) is 4.79 Å². The van der Waals surface area contributed by atoms with Gasteiger partial charge < -0.3 is 0 Å². The highest BCUT2D eigenvalue weighted by Gasteiger charge is 1.98. The van der Waals surface area contributed by atoms with Crippen molar-refractivity contribution < 1.29 is 4.79 Å². The summed E-state index contributed by atoms with van der Waals surface area (Å²) in [5.74, 6) is 0. The summed E-state index contributed by atoms with van der Waals surface area (Å²) in [4.78, 5) is 11.6. The molecule has 0 saturated carbocycles. The second kappa shape index (κ2) is 4.32. The van der Waals surface area contributed by atoms with Gasteiger partial charge in [-0.25, -0.2) is 0 Å². The number of allylic oxidation sites excluding steroid dienone is 1. The number of carbonyl (C=O) groups excluding carboxylic acids is 1. The third-order valence-corrected chi connectivity index (χ3v) is 1.84. The molecule has 2 aromatic rings. The number of hydrogen-bond donors (Lipinski definition) is 0. The summed E-state index contributed by atoms with van der Waals surface area (Å²) in [7, 11) is 0. The molecule has 0 atom stereocenters. The monoisotopic (exact) mass is 199 g/mol. The van der Waals surface area contributed by atoms with Crippen LogP contribution in [-0.4, -0.2) is 21.3 Å². The number of hydrogen-bond acceptors (Lipinski definition) is 3. The normalized spacial score (nSPS) is 10.7.